The molecule has 0 saturated carbocycles. The lowest BCUT2D eigenvalue weighted by Gasteiger charge is -2.16. The van der Waals surface area contributed by atoms with Crippen LogP contribution in [0.5, 0.6) is 0 Å². The summed E-state index contributed by atoms with van der Waals surface area (Å²) in [6.07, 6.45) is 0. The number of amides is 2. The molecule has 6 nitrogen and oxygen atoms in total. The summed E-state index contributed by atoms with van der Waals surface area (Å²) in [7, 11) is 0. The van der Waals surface area contributed by atoms with Crippen LogP contribution in [0.2, 0.25) is 0 Å². The van der Waals surface area contributed by atoms with Gasteiger partial charge < -0.3 is 10.4 Å². The van der Waals surface area contributed by atoms with Crippen LogP contribution in [0.1, 0.15) is 15.9 Å². The monoisotopic (exact) mass is 342 g/mol. The lowest BCUT2D eigenvalue weighted by Crippen LogP contribution is -2.34. The topological polar surface area (TPSA) is 86.7 Å². The maximum atomic E-state index is 12.6. The van der Waals surface area contributed by atoms with Crippen LogP contribution in [-0.4, -0.2) is 27.6 Å². The number of imide groups is 1. The molecule has 2 aromatic carbocycles. The molecule has 1 saturated heterocycles. The van der Waals surface area contributed by atoms with Crippen molar-refractivity contribution in [3.05, 3.63) is 59.7 Å². The van der Waals surface area contributed by atoms with Crippen LogP contribution in [0, 0.1) is 6.92 Å². The molecule has 122 valence electrons. The molecule has 0 aromatic heterocycles. The van der Waals surface area contributed by atoms with Crippen molar-refractivity contribution < 1.29 is 19.5 Å². The van der Waals surface area contributed by atoms with E-state index in [-0.39, 0.29) is 5.56 Å². The average Bonchev–Trinajstić information content (AvgIpc) is 2.81. The van der Waals surface area contributed by atoms with E-state index in [1.165, 1.54) is 6.07 Å². The number of nitrogens with one attached hydrogen (secondary N) is 1. The van der Waals surface area contributed by atoms with Crippen molar-refractivity contribution in [2.24, 2.45) is 0 Å². The molecule has 3 rings (SSSR count). The summed E-state index contributed by atoms with van der Waals surface area (Å²) in [6, 6.07) is 13.4. The Hall–Kier alpha value is -2.80. The molecular formula is C17H14N2O4S. The third-order valence-electron chi connectivity index (χ3n) is 3.55. The molecule has 24 heavy (non-hydrogen) atoms. The number of thioether (sulfide) groups is 1. The second-order valence-corrected chi connectivity index (χ2v) is 6.33. The zero-order valence-electron chi connectivity index (χ0n) is 12.7. The molecule has 1 unspecified atom stereocenters. The van der Waals surface area contributed by atoms with Crippen molar-refractivity contribution >= 4 is 40.3 Å². The molecular weight excluding hydrogens is 328 g/mol. The first-order chi connectivity index (χ1) is 11.5. The Kier molecular flexibility index (Phi) is 4.26. The fourth-order valence-electron chi connectivity index (χ4n) is 2.44. The summed E-state index contributed by atoms with van der Waals surface area (Å²) in [5.41, 5.74) is 1.79. The predicted octanol–water partition coefficient (Wildman–Crippen LogP) is 3.33. The summed E-state index contributed by atoms with van der Waals surface area (Å²) in [5, 5.41) is 10.8. The van der Waals surface area contributed by atoms with Gasteiger partial charge in [0, 0.05) is 5.69 Å². The molecule has 1 aliphatic heterocycles. The molecule has 2 aromatic rings. The zero-order valence-corrected chi connectivity index (χ0v) is 13.5. The van der Waals surface area contributed by atoms with E-state index in [1.807, 2.05) is 13.0 Å². The number of carbonyl (C=O) groups excluding carboxylic acids is 2. The number of benzene rings is 2. The second-order valence-electron chi connectivity index (χ2n) is 5.27. The number of nitrogens with zero attached hydrogens (tertiary/aromatic N) is 1. The minimum absolute atomic E-state index is 0.0485. The van der Waals surface area contributed by atoms with E-state index in [1.54, 1.807) is 36.4 Å². The van der Waals surface area contributed by atoms with Crippen LogP contribution >= 0.6 is 11.8 Å². The van der Waals surface area contributed by atoms with Crippen LogP contribution in [0.3, 0.4) is 0 Å². The van der Waals surface area contributed by atoms with Gasteiger partial charge in [-0.05, 0) is 48.5 Å². The van der Waals surface area contributed by atoms with Gasteiger partial charge in [-0.15, -0.1) is 0 Å². The average molecular weight is 342 g/mol. The van der Waals surface area contributed by atoms with E-state index in [0.29, 0.717) is 11.4 Å². The van der Waals surface area contributed by atoms with Crippen LogP contribution in [0.15, 0.2) is 48.5 Å². The summed E-state index contributed by atoms with van der Waals surface area (Å²) in [4.78, 5) is 37.2. The Morgan fingerprint density at radius 1 is 1.17 bits per heavy atom. The molecule has 0 radical (unpaired) electrons. The predicted molar refractivity (Wildman–Crippen MR) is 92.5 cm³/mol. The van der Waals surface area contributed by atoms with Crippen LogP contribution < -0.4 is 10.2 Å². The number of carboxylic acids is 1. The molecule has 2 amide bonds. The Bertz CT molecular complexity index is 837. The lowest BCUT2D eigenvalue weighted by molar-refractivity contribution is -0.116. The van der Waals surface area contributed by atoms with Gasteiger partial charge in [-0.1, -0.05) is 24.3 Å². The Balaban J connectivity index is 1.86. The highest BCUT2D eigenvalue weighted by molar-refractivity contribution is 8.16. The smallest absolute Gasteiger partial charge is 0.337 e. The van der Waals surface area contributed by atoms with E-state index in [9.17, 15) is 19.5 Å². The first kappa shape index (κ1) is 16.1. The summed E-state index contributed by atoms with van der Waals surface area (Å²) in [5.74, 6) is -1.52. The number of hydrogen-bond acceptors (Lipinski definition) is 5. The van der Waals surface area contributed by atoms with Gasteiger partial charge in [0.05, 0.1) is 11.3 Å². The Morgan fingerprint density at radius 2 is 1.92 bits per heavy atom. The summed E-state index contributed by atoms with van der Waals surface area (Å²) >= 11 is 0.831. The second kappa shape index (κ2) is 6.37. The molecule has 0 bridgehead atoms. The quantitative estimate of drug-likeness (QED) is 0.886. The van der Waals surface area contributed by atoms with E-state index in [0.717, 1.165) is 22.2 Å². The lowest BCUT2D eigenvalue weighted by atomic mass is 10.2. The van der Waals surface area contributed by atoms with E-state index in [4.69, 9.17) is 0 Å². The van der Waals surface area contributed by atoms with Gasteiger partial charge >= 0.3 is 5.97 Å². The normalized spacial score (nSPS) is 17.2. The zero-order chi connectivity index (χ0) is 17.3. The van der Waals surface area contributed by atoms with Gasteiger partial charge in [0.1, 0.15) is 0 Å². The maximum Gasteiger partial charge on any atom is 0.337 e. The van der Waals surface area contributed by atoms with Crippen molar-refractivity contribution in [1.82, 2.24) is 0 Å². The van der Waals surface area contributed by atoms with Crippen LogP contribution in [-0.2, 0) is 4.79 Å². The minimum Gasteiger partial charge on any atom is -0.478 e. The number of anilines is 2. The molecule has 1 atom stereocenters. The van der Waals surface area contributed by atoms with Crippen molar-refractivity contribution in [1.29, 1.82) is 0 Å². The minimum atomic E-state index is -1.10. The highest BCUT2D eigenvalue weighted by atomic mass is 32.2. The number of aromatic carboxylic acids is 1. The van der Waals surface area contributed by atoms with Crippen molar-refractivity contribution in [2.45, 2.75) is 12.3 Å². The van der Waals surface area contributed by atoms with Gasteiger partial charge in [0.2, 0.25) is 0 Å². The molecule has 1 fully saturated rings. The third-order valence-corrected chi connectivity index (χ3v) is 4.49. The van der Waals surface area contributed by atoms with Gasteiger partial charge in [-0.25, -0.2) is 9.69 Å². The number of hydrogen-bond donors (Lipinski definition) is 2. The van der Waals surface area contributed by atoms with Gasteiger partial charge in [0.25, 0.3) is 11.1 Å². The number of carboxylic acid groups (broad SMARTS) is 1. The SMILES string of the molecule is Cc1cccc(N2C(=O)SC(Nc3ccccc3C(=O)O)C2=O)c1. The van der Waals surface area contributed by atoms with Crippen molar-refractivity contribution in [2.75, 3.05) is 10.2 Å². The van der Waals surface area contributed by atoms with Gasteiger partial charge in [-0.3, -0.25) is 9.59 Å². The van der Waals surface area contributed by atoms with E-state index >= 15 is 0 Å². The summed E-state index contributed by atoms with van der Waals surface area (Å²) in [6.45, 7) is 1.88. The van der Waals surface area contributed by atoms with E-state index < -0.39 is 22.5 Å². The fourth-order valence-corrected chi connectivity index (χ4v) is 3.33. The molecule has 0 spiro atoms. The molecule has 1 aliphatic rings. The third kappa shape index (κ3) is 2.98. The Labute approximate surface area is 142 Å². The molecule has 7 heteroatoms. The van der Waals surface area contributed by atoms with Gasteiger partial charge in [0.15, 0.2) is 5.37 Å². The maximum absolute atomic E-state index is 12.6. The standard InChI is InChI=1S/C17H14N2O4S/c1-10-5-4-6-11(9-10)19-15(20)14(24-17(19)23)18-13-8-3-2-7-12(13)16(21)22/h2-9,14,18H,1H3,(H,21,22). The number of rotatable bonds is 4. The molecule has 0 aliphatic carbocycles. The number of para-hydroxylation sites is 1. The highest BCUT2D eigenvalue weighted by Crippen LogP contribution is 2.33. The molecule has 1 heterocycles. The molecule has 2 N–H and O–H groups in total. The largest absolute Gasteiger partial charge is 0.478 e. The van der Waals surface area contributed by atoms with Gasteiger partial charge in [-0.2, -0.15) is 0 Å². The van der Waals surface area contributed by atoms with Crippen LogP contribution in [0.25, 0.3) is 0 Å². The summed E-state index contributed by atoms with van der Waals surface area (Å²) < 4.78 is 0. The highest BCUT2D eigenvalue weighted by Gasteiger charge is 2.41. The van der Waals surface area contributed by atoms with Crippen LogP contribution in [0.4, 0.5) is 16.2 Å². The number of aryl methyl sites for hydroxylation is 1. The number of carbonyl (C=O) groups is 3. The first-order valence-corrected chi connectivity index (χ1v) is 8.05. The fraction of sp³-hybridized carbons (Fsp3) is 0.118. The van der Waals surface area contributed by atoms with Crippen molar-refractivity contribution in [3.63, 3.8) is 0 Å². The van der Waals surface area contributed by atoms with E-state index in [2.05, 4.69) is 5.32 Å². The van der Waals surface area contributed by atoms with Crippen molar-refractivity contribution in [3.8, 4) is 0 Å². The Morgan fingerprint density at radius 3 is 2.62 bits per heavy atom. The first-order valence-electron chi connectivity index (χ1n) is 7.17.